The topological polar surface area (TPSA) is 59.3 Å². The first-order chi connectivity index (χ1) is 8.80. The number of aromatic nitrogens is 1. The van der Waals surface area contributed by atoms with E-state index in [2.05, 4.69) is 4.98 Å². The third-order valence-electron chi connectivity index (χ3n) is 3.17. The van der Waals surface area contributed by atoms with Gasteiger partial charge >= 0.3 is 6.18 Å². The van der Waals surface area contributed by atoms with Gasteiger partial charge in [-0.25, -0.2) is 4.98 Å². The molecule has 0 N–H and O–H groups in total. The van der Waals surface area contributed by atoms with Crippen LogP contribution in [0.2, 0.25) is 0 Å². The molecule has 1 aromatic heterocycles. The minimum atomic E-state index is -4.83. The largest absolute Gasteiger partial charge is 0.440 e. The minimum absolute atomic E-state index is 0.0926. The van der Waals surface area contributed by atoms with E-state index in [0.717, 1.165) is 18.9 Å². The van der Waals surface area contributed by atoms with Crippen molar-refractivity contribution in [3.8, 4) is 0 Å². The Morgan fingerprint density at radius 3 is 2.63 bits per heavy atom. The Labute approximate surface area is 107 Å². The lowest BCUT2D eigenvalue weighted by molar-refractivity contribution is -0.388. The van der Waals surface area contributed by atoms with Crippen molar-refractivity contribution in [3.05, 3.63) is 27.9 Å². The minimum Gasteiger partial charge on any atom is -0.354 e. The summed E-state index contributed by atoms with van der Waals surface area (Å²) in [6, 6.07) is 2.24. The number of rotatable bonds is 2. The van der Waals surface area contributed by atoms with Gasteiger partial charge < -0.3 is 4.90 Å². The molecule has 1 aliphatic rings. The van der Waals surface area contributed by atoms with Crippen LogP contribution in [0.1, 0.15) is 25.5 Å². The van der Waals surface area contributed by atoms with E-state index in [1.165, 1.54) is 6.07 Å². The van der Waals surface area contributed by atoms with Crippen molar-refractivity contribution in [1.29, 1.82) is 0 Å². The fraction of sp³-hybridized carbons (Fsp3) is 0.545. The van der Waals surface area contributed by atoms with E-state index in [0.29, 0.717) is 6.54 Å². The third kappa shape index (κ3) is 2.61. The van der Waals surface area contributed by atoms with Crippen LogP contribution in [0.15, 0.2) is 12.1 Å². The molecule has 8 heteroatoms. The molecule has 0 aromatic carbocycles. The molecule has 1 unspecified atom stereocenters. The molecule has 1 aliphatic heterocycles. The van der Waals surface area contributed by atoms with Gasteiger partial charge in [-0.05, 0) is 25.8 Å². The van der Waals surface area contributed by atoms with Crippen LogP contribution in [-0.4, -0.2) is 22.5 Å². The molecule has 0 spiro atoms. The van der Waals surface area contributed by atoms with Crippen molar-refractivity contribution in [2.45, 2.75) is 32.0 Å². The van der Waals surface area contributed by atoms with E-state index in [1.807, 2.05) is 6.92 Å². The summed E-state index contributed by atoms with van der Waals surface area (Å²) in [5.41, 5.74) is -2.45. The van der Waals surface area contributed by atoms with Crippen molar-refractivity contribution in [2.75, 3.05) is 11.4 Å². The summed E-state index contributed by atoms with van der Waals surface area (Å²) in [6.07, 6.45) is -3.08. The van der Waals surface area contributed by atoms with Crippen LogP contribution in [-0.2, 0) is 6.18 Å². The zero-order valence-electron chi connectivity index (χ0n) is 10.1. The van der Waals surface area contributed by atoms with Gasteiger partial charge in [0.05, 0.1) is 4.92 Å². The SMILES string of the molecule is CC1CCCN1c1ccc([N+](=O)[O-])c(C(F)(F)F)n1. The van der Waals surface area contributed by atoms with Crippen molar-refractivity contribution in [3.63, 3.8) is 0 Å². The zero-order chi connectivity index (χ0) is 14.2. The van der Waals surface area contributed by atoms with Gasteiger partial charge in [-0.1, -0.05) is 0 Å². The molecular weight excluding hydrogens is 263 g/mol. The van der Waals surface area contributed by atoms with Crippen LogP contribution in [0.25, 0.3) is 0 Å². The molecular formula is C11H12F3N3O2. The maximum atomic E-state index is 12.8. The smallest absolute Gasteiger partial charge is 0.354 e. The first-order valence-electron chi connectivity index (χ1n) is 5.80. The Morgan fingerprint density at radius 1 is 1.47 bits per heavy atom. The summed E-state index contributed by atoms with van der Waals surface area (Å²) in [6.45, 7) is 2.51. The highest BCUT2D eigenvalue weighted by Gasteiger charge is 2.41. The summed E-state index contributed by atoms with van der Waals surface area (Å²) in [5, 5.41) is 10.6. The number of hydrogen-bond acceptors (Lipinski definition) is 4. The second-order valence-corrected chi connectivity index (χ2v) is 4.48. The van der Waals surface area contributed by atoms with E-state index < -0.39 is 22.5 Å². The van der Waals surface area contributed by atoms with Gasteiger partial charge in [0.2, 0.25) is 5.69 Å². The zero-order valence-corrected chi connectivity index (χ0v) is 10.1. The first kappa shape index (κ1) is 13.6. The molecule has 104 valence electrons. The van der Waals surface area contributed by atoms with Crippen LogP contribution >= 0.6 is 0 Å². The number of hydrogen-bond donors (Lipinski definition) is 0. The number of nitrogens with zero attached hydrogens (tertiary/aromatic N) is 3. The summed E-state index contributed by atoms with van der Waals surface area (Å²) < 4.78 is 38.4. The normalized spacial score (nSPS) is 19.8. The molecule has 0 radical (unpaired) electrons. The Kier molecular flexibility index (Phi) is 3.34. The van der Waals surface area contributed by atoms with E-state index in [-0.39, 0.29) is 11.9 Å². The molecule has 1 aromatic rings. The number of pyridine rings is 1. The highest BCUT2D eigenvalue weighted by atomic mass is 19.4. The Bertz CT molecular complexity index is 504. The monoisotopic (exact) mass is 275 g/mol. The molecule has 0 aliphatic carbocycles. The van der Waals surface area contributed by atoms with Gasteiger partial charge in [-0.15, -0.1) is 0 Å². The third-order valence-corrected chi connectivity index (χ3v) is 3.17. The molecule has 2 heterocycles. The molecule has 1 saturated heterocycles. The van der Waals surface area contributed by atoms with Gasteiger partial charge in [0.1, 0.15) is 5.82 Å². The average molecular weight is 275 g/mol. The van der Waals surface area contributed by atoms with E-state index >= 15 is 0 Å². The molecule has 19 heavy (non-hydrogen) atoms. The predicted molar refractivity (Wildman–Crippen MR) is 61.9 cm³/mol. The van der Waals surface area contributed by atoms with Gasteiger partial charge in [0.25, 0.3) is 5.69 Å². The highest BCUT2D eigenvalue weighted by Crippen LogP contribution is 2.36. The van der Waals surface area contributed by atoms with Crippen molar-refractivity contribution in [1.82, 2.24) is 4.98 Å². The fourth-order valence-corrected chi connectivity index (χ4v) is 2.23. The van der Waals surface area contributed by atoms with Crippen LogP contribution in [0, 0.1) is 10.1 Å². The maximum absolute atomic E-state index is 12.8. The molecule has 1 fully saturated rings. The molecule has 2 rings (SSSR count). The lowest BCUT2D eigenvalue weighted by Crippen LogP contribution is -2.28. The second-order valence-electron chi connectivity index (χ2n) is 4.48. The van der Waals surface area contributed by atoms with Gasteiger partial charge in [-0.3, -0.25) is 10.1 Å². The summed E-state index contributed by atoms with van der Waals surface area (Å²) in [5.74, 6) is 0.142. The van der Waals surface area contributed by atoms with Crippen LogP contribution in [0.4, 0.5) is 24.7 Å². The summed E-state index contributed by atoms with van der Waals surface area (Å²) in [7, 11) is 0. The fourth-order valence-electron chi connectivity index (χ4n) is 2.23. The van der Waals surface area contributed by atoms with E-state index in [9.17, 15) is 23.3 Å². The molecule has 0 bridgehead atoms. The Morgan fingerprint density at radius 2 is 2.16 bits per heavy atom. The van der Waals surface area contributed by atoms with Crippen LogP contribution < -0.4 is 4.90 Å². The summed E-state index contributed by atoms with van der Waals surface area (Å²) >= 11 is 0. The average Bonchev–Trinajstić information content (AvgIpc) is 2.73. The molecule has 5 nitrogen and oxygen atoms in total. The number of nitro groups is 1. The number of halogens is 3. The van der Waals surface area contributed by atoms with Crippen molar-refractivity contribution in [2.24, 2.45) is 0 Å². The van der Waals surface area contributed by atoms with Gasteiger partial charge in [0, 0.05) is 18.7 Å². The second kappa shape index (κ2) is 4.67. The predicted octanol–water partition coefficient (Wildman–Crippen LogP) is 3.00. The van der Waals surface area contributed by atoms with Crippen LogP contribution in [0.3, 0.4) is 0 Å². The quantitative estimate of drug-likeness (QED) is 0.615. The lowest BCUT2D eigenvalue weighted by Gasteiger charge is -2.23. The van der Waals surface area contributed by atoms with Gasteiger partial charge in [-0.2, -0.15) is 13.2 Å². The first-order valence-corrected chi connectivity index (χ1v) is 5.80. The summed E-state index contributed by atoms with van der Waals surface area (Å²) in [4.78, 5) is 14.7. The molecule has 0 amide bonds. The Balaban J connectivity index is 2.47. The van der Waals surface area contributed by atoms with E-state index in [1.54, 1.807) is 4.90 Å². The molecule has 0 saturated carbocycles. The number of alkyl halides is 3. The van der Waals surface area contributed by atoms with E-state index in [4.69, 9.17) is 0 Å². The maximum Gasteiger partial charge on any atom is 0.440 e. The standard InChI is InChI=1S/C11H12F3N3O2/c1-7-3-2-6-16(7)9-5-4-8(17(18)19)10(15-9)11(12,13)14/h4-5,7H,2-3,6H2,1H3. The number of anilines is 1. The van der Waals surface area contributed by atoms with Crippen LogP contribution in [0.5, 0.6) is 0 Å². The Hall–Kier alpha value is -1.86. The van der Waals surface area contributed by atoms with Crippen molar-refractivity contribution < 1.29 is 18.1 Å². The highest BCUT2D eigenvalue weighted by molar-refractivity contribution is 5.49. The van der Waals surface area contributed by atoms with Crippen molar-refractivity contribution >= 4 is 11.5 Å². The lowest BCUT2D eigenvalue weighted by atomic mass is 10.2. The van der Waals surface area contributed by atoms with Gasteiger partial charge in [0.15, 0.2) is 0 Å². The molecule has 1 atom stereocenters.